The highest BCUT2D eigenvalue weighted by molar-refractivity contribution is 7.18. The molecule has 0 spiro atoms. The molecular formula is C19H18F2N4OS. The van der Waals surface area contributed by atoms with Crippen LogP contribution in [-0.4, -0.2) is 33.8 Å². The summed E-state index contributed by atoms with van der Waals surface area (Å²) in [5.74, 6) is -2.40. The van der Waals surface area contributed by atoms with Crippen LogP contribution in [0.4, 0.5) is 14.6 Å². The average Bonchev–Trinajstić information content (AvgIpc) is 3.03. The predicted molar refractivity (Wildman–Crippen MR) is 103 cm³/mol. The molecule has 3 heterocycles. The van der Waals surface area contributed by atoms with Crippen LogP contribution in [0.15, 0.2) is 35.5 Å². The van der Waals surface area contributed by atoms with E-state index in [2.05, 4.69) is 15.0 Å². The third-order valence-corrected chi connectivity index (χ3v) is 5.84. The molecule has 27 heavy (non-hydrogen) atoms. The van der Waals surface area contributed by atoms with E-state index in [9.17, 15) is 13.9 Å². The third-order valence-electron chi connectivity index (χ3n) is 4.60. The molecule has 8 heteroatoms. The number of alkyl halides is 2. The Morgan fingerprint density at radius 2 is 2.11 bits per heavy atom. The van der Waals surface area contributed by atoms with Gasteiger partial charge in [0.2, 0.25) is 0 Å². The average molecular weight is 388 g/mol. The molecule has 4 rings (SSSR count). The number of anilines is 1. The number of rotatable bonds is 4. The number of nitrogens with zero attached hydrogens (tertiary/aromatic N) is 3. The number of aromatic nitrogens is 2. The molecule has 0 bridgehead atoms. The van der Waals surface area contributed by atoms with Gasteiger partial charge in [-0.3, -0.25) is 4.99 Å². The van der Waals surface area contributed by atoms with Crippen molar-refractivity contribution in [1.82, 2.24) is 9.97 Å². The van der Waals surface area contributed by atoms with Crippen molar-refractivity contribution in [2.45, 2.75) is 31.3 Å². The maximum Gasteiger partial charge on any atom is 0.254 e. The number of aliphatic imine (C=N–C) groups is 1. The van der Waals surface area contributed by atoms with E-state index in [1.165, 1.54) is 11.3 Å². The second kappa shape index (κ2) is 6.31. The van der Waals surface area contributed by atoms with Crippen molar-refractivity contribution >= 4 is 33.6 Å². The largest absolute Gasteiger partial charge is 0.384 e. The van der Waals surface area contributed by atoms with Crippen molar-refractivity contribution < 1.29 is 13.9 Å². The molecular weight excluding hydrogens is 370 g/mol. The van der Waals surface area contributed by atoms with Gasteiger partial charge >= 0.3 is 0 Å². The summed E-state index contributed by atoms with van der Waals surface area (Å²) >= 11 is 1.24. The zero-order valence-electron chi connectivity index (χ0n) is 14.6. The fraction of sp³-hybridized carbons (Fsp3) is 0.316. The summed E-state index contributed by atoms with van der Waals surface area (Å²) in [5.41, 5.74) is 6.62. The smallest absolute Gasteiger partial charge is 0.254 e. The molecule has 0 aliphatic heterocycles. The van der Waals surface area contributed by atoms with Gasteiger partial charge in [-0.25, -0.2) is 18.7 Å². The number of pyridine rings is 2. The molecule has 0 amide bonds. The molecule has 140 valence electrons. The fourth-order valence-electron chi connectivity index (χ4n) is 3.21. The molecule has 0 atom stereocenters. The molecule has 1 saturated carbocycles. The van der Waals surface area contributed by atoms with Crippen LogP contribution in [0, 0.1) is 0 Å². The molecule has 3 N–H and O–H groups in total. The van der Waals surface area contributed by atoms with Gasteiger partial charge in [0.05, 0.1) is 5.69 Å². The van der Waals surface area contributed by atoms with Crippen LogP contribution in [0.2, 0.25) is 0 Å². The van der Waals surface area contributed by atoms with E-state index >= 15 is 0 Å². The summed E-state index contributed by atoms with van der Waals surface area (Å²) in [7, 11) is 0. The minimum Gasteiger partial charge on any atom is -0.384 e. The normalized spacial score (nSPS) is 18.1. The van der Waals surface area contributed by atoms with Crippen LogP contribution < -0.4 is 5.73 Å². The summed E-state index contributed by atoms with van der Waals surface area (Å²) in [6.45, 7) is 2.58. The number of nitrogens with two attached hydrogens (primary N) is 1. The molecule has 0 radical (unpaired) electrons. The molecule has 1 fully saturated rings. The minimum absolute atomic E-state index is 0.392. The predicted octanol–water partition coefficient (Wildman–Crippen LogP) is 4.00. The minimum atomic E-state index is -2.80. The van der Waals surface area contributed by atoms with E-state index in [0.717, 1.165) is 10.9 Å². The first-order valence-corrected chi connectivity index (χ1v) is 9.38. The Labute approximate surface area is 158 Å². The van der Waals surface area contributed by atoms with Gasteiger partial charge in [-0.15, -0.1) is 11.3 Å². The second-order valence-corrected chi connectivity index (χ2v) is 7.80. The quantitative estimate of drug-likeness (QED) is 0.662. The van der Waals surface area contributed by atoms with E-state index in [1.54, 1.807) is 18.5 Å². The second-order valence-electron chi connectivity index (χ2n) is 6.77. The SMILES string of the molecule is CCN=Cc1cc(-c2ccc3cc(C4(O)CC(F)(F)C4)sc3n2)cnc1N. The number of fused-ring (bicyclic) bond motifs is 1. The molecule has 0 unspecified atom stereocenters. The lowest BCUT2D eigenvalue weighted by Gasteiger charge is -2.42. The molecule has 3 aromatic heterocycles. The summed E-state index contributed by atoms with van der Waals surface area (Å²) in [4.78, 5) is 14.2. The lowest BCUT2D eigenvalue weighted by atomic mass is 9.75. The number of hydrogen-bond donors (Lipinski definition) is 2. The van der Waals surface area contributed by atoms with Gasteiger partial charge in [-0.05, 0) is 31.2 Å². The molecule has 3 aromatic rings. The Balaban J connectivity index is 1.69. The van der Waals surface area contributed by atoms with Crippen molar-refractivity contribution in [2.75, 3.05) is 12.3 Å². The summed E-state index contributed by atoms with van der Waals surface area (Å²) in [5, 5.41) is 11.2. The van der Waals surface area contributed by atoms with Gasteiger partial charge in [-0.2, -0.15) is 0 Å². The highest BCUT2D eigenvalue weighted by Gasteiger charge is 2.57. The van der Waals surface area contributed by atoms with Gasteiger partial charge in [0.15, 0.2) is 0 Å². The van der Waals surface area contributed by atoms with Crippen molar-refractivity contribution in [2.24, 2.45) is 4.99 Å². The highest BCUT2D eigenvalue weighted by atomic mass is 32.1. The number of halogens is 2. The Morgan fingerprint density at radius 3 is 2.81 bits per heavy atom. The van der Waals surface area contributed by atoms with Gasteiger partial charge in [-0.1, -0.05) is 0 Å². The molecule has 1 aliphatic rings. The van der Waals surface area contributed by atoms with Crippen LogP contribution in [0.1, 0.15) is 30.2 Å². The van der Waals surface area contributed by atoms with Gasteiger partial charge in [0.25, 0.3) is 5.92 Å². The van der Waals surface area contributed by atoms with Crippen molar-refractivity contribution in [3.8, 4) is 11.3 Å². The summed E-state index contributed by atoms with van der Waals surface area (Å²) < 4.78 is 26.4. The number of hydrogen-bond acceptors (Lipinski definition) is 6. The molecule has 0 aromatic carbocycles. The van der Waals surface area contributed by atoms with Gasteiger partial charge in [0, 0.05) is 53.2 Å². The van der Waals surface area contributed by atoms with Crippen LogP contribution in [0.3, 0.4) is 0 Å². The summed E-state index contributed by atoms with van der Waals surface area (Å²) in [6.07, 6.45) is 2.24. The van der Waals surface area contributed by atoms with Gasteiger partial charge < -0.3 is 10.8 Å². The number of aliphatic hydroxyl groups is 1. The highest BCUT2D eigenvalue weighted by Crippen LogP contribution is 2.53. The standard InChI is InChI=1S/C19H18F2N4OS/c1-2-23-7-13-5-12(8-24-16(13)22)14-4-3-11-6-15(27-17(11)25-14)18(26)9-19(20,21)10-18/h3-8,26H,2,9-10H2,1H3,(H2,22,24). The Morgan fingerprint density at radius 1 is 1.33 bits per heavy atom. The fourth-order valence-corrected chi connectivity index (χ4v) is 4.33. The van der Waals surface area contributed by atoms with E-state index in [0.29, 0.717) is 33.3 Å². The van der Waals surface area contributed by atoms with Crippen LogP contribution in [0.5, 0.6) is 0 Å². The topological polar surface area (TPSA) is 84.4 Å². The lowest BCUT2D eigenvalue weighted by molar-refractivity contribution is -0.208. The Hall–Kier alpha value is -2.45. The van der Waals surface area contributed by atoms with Crippen molar-refractivity contribution in [1.29, 1.82) is 0 Å². The van der Waals surface area contributed by atoms with E-state index in [4.69, 9.17) is 5.73 Å². The molecule has 1 aliphatic carbocycles. The van der Waals surface area contributed by atoms with Crippen LogP contribution in [-0.2, 0) is 5.60 Å². The lowest BCUT2D eigenvalue weighted by Crippen LogP contribution is -2.48. The first-order valence-electron chi connectivity index (χ1n) is 8.57. The third kappa shape index (κ3) is 3.30. The van der Waals surface area contributed by atoms with E-state index in [-0.39, 0.29) is 0 Å². The summed E-state index contributed by atoms with van der Waals surface area (Å²) in [6, 6.07) is 7.32. The zero-order valence-corrected chi connectivity index (χ0v) is 15.4. The molecule has 0 saturated heterocycles. The van der Waals surface area contributed by atoms with Crippen molar-refractivity contribution in [3.05, 3.63) is 40.9 Å². The zero-order chi connectivity index (χ0) is 19.2. The maximum atomic E-state index is 13.2. The van der Waals surface area contributed by atoms with Crippen molar-refractivity contribution in [3.63, 3.8) is 0 Å². The maximum absolute atomic E-state index is 13.2. The van der Waals surface area contributed by atoms with Gasteiger partial charge in [0.1, 0.15) is 16.2 Å². The van der Waals surface area contributed by atoms with Crippen LogP contribution >= 0.6 is 11.3 Å². The van der Waals surface area contributed by atoms with Crippen LogP contribution in [0.25, 0.3) is 21.5 Å². The number of thiophene rings is 1. The first-order chi connectivity index (χ1) is 12.8. The monoisotopic (exact) mass is 388 g/mol. The Bertz CT molecular complexity index is 1040. The first kappa shape index (κ1) is 17.9. The number of nitrogen functional groups attached to an aromatic ring is 1. The van der Waals surface area contributed by atoms with E-state index < -0.39 is 24.4 Å². The van der Waals surface area contributed by atoms with E-state index in [1.807, 2.05) is 25.1 Å². The molecule has 5 nitrogen and oxygen atoms in total. The Kier molecular flexibility index (Phi) is 4.20.